The monoisotopic (exact) mass is 344 g/mol. The summed E-state index contributed by atoms with van der Waals surface area (Å²) in [5.41, 5.74) is 1.77. The van der Waals surface area contributed by atoms with Crippen LogP contribution in [-0.4, -0.2) is 4.98 Å². The molecule has 0 saturated carbocycles. The molecule has 1 heterocycles. The Morgan fingerprint density at radius 1 is 1.17 bits per heavy atom. The third-order valence-electron chi connectivity index (χ3n) is 3.45. The number of benzene rings is 2. The number of hydrogen-bond acceptors (Lipinski definition) is 3. The molecule has 0 N–H and O–H groups in total. The Balaban J connectivity index is 2.04. The molecule has 2 nitrogen and oxygen atoms in total. The van der Waals surface area contributed by atoms with Crippen LogP contribution in [0.5, 0.6) is 0 Å². The first-order valence-electron chi connectivity index (χ1n) is 7.03. The van der Waals surface area contributed by atoms with Gasteiger partial charge >= 0.3 is 6.18 Å². The molecule has 0 spiro atoms. The Labute approximate surface area is 140 Å². The van der Waals surface area contributed by atoms with Gasteiger partial charge in [0.05, 0.1) is 21.4 Å². The zero-order valence-corrected chi connectivity index (χ0v) is 13.4. The molecule has 24 heavy (non-hydrogen) atoms. The summed E-state index contributed by atoms with van der Waals surface area (Å²) < 4.78 is 39.0. The molecule has 2 aromatic carbocycles. The van der Waals surface area contributed by atoms with Crippen molar-refractivity contribution >= 4 is 33.2 Å². The molecular weight excluding hydrogens is 333 g/mol. The number of fused-ring (bicyclic) bond motifs is 1. The van der Waals surface area contributed by atoms with E-state index in [9.17, 15) is 18.4 Å². The molecule has 0 bridgehead atoms. The molecule has 0 amide bonds. The summed E-state index contributed by atoms with van der Waals surface area (Å²) >= 11 is 1.20. The molecule has 0 fully saturated rings. The van der Waals surface area contributed by atoms with Crippen LogP contribution in [0.25, 0.3) is 21.9 Å². The lowest BCUT2D eigenvalue weighted by Gasteiger charge is -2.04. The fourth-order valence-electron chi connectivity index (χ4n) is 2.19. The number of aryl methyl sites for hydroxylation is 1. The number of thiazole rings is 1. The van der Waals surface area contributed by atoms with Crippen LogP contribution in [0.4, 0.5) is 13.2 Å². The van der Waals surface area contributed by atoms with Gasteiger partial charge in [0.2, 0.25) is 0 Å². The molecule has 0 atom stereocenters. The second-order valence-corrected chi connectivity index (χ2v) is 6.31. The minimum atomic E-state index is -4.41. The van der Waals surface area contributed by atoms with Crippen molar-refractivity contribution in [2.24, 2.45) is 0 Å². The van der Waals surface area contributed by atoms with E-state index in [0.717, 1.165) is 23.3 Å². The van der Waals surface area contributed by atoms with Crippen LogP contribution >= 0.6 is 11.3 Å². The highest BCUT2D eigenvalue weighted by Crippen LogP contribution is 2.34. The van der Waals surface area contributed by atoms with Crippen LogP contribution in [0.3, 0.4) is 0 Å². The van der Waals surface area contributed by atoms with E-state index in [1.165, 1.54) is 17.4 Å². The molecule has 0 radical (unpaired) electrons. The van der Waals surface area contributed by atoms with Gasteiger partial charge in [-0.25, -0.2) is 4.98 Å². The Morgan fingerprint density at radius 3 is 2.50 bits per heavy atom. The molecule has 0 aliphatic heterocycles. The predicted octanol–water partition coefficient (Wildman–Crippen LogP) is 5.69. The number of rotatable bonds is 2. The van der Waals surface area contributed by atoms with Crippen LogP contribution in [-0.2, 0) is 6.18 Å². The normalized spacial score (nSPS) is 12.4. The van der Waals surface area contributed by atoms with Gasteiger partial charge in [0.25, 0.3) is 0 Å². The van der Waals surface area contributed by atoms with Crippen molar-refractivity contribution in [1.29, 1.82) is 5.26 Å². The third kappa shape index (κ3) is 3.31. The van der Waals surface area contributed by atoms with Crippen LogP contribution in [0.15, 0.2) is 42.5 Å². The average Bonchev–Trinajstić information content (AvgIpc) is 2.96. The fourth-order valence-corrected chi connectivity index (χ4v) is 3.10. The summed E-state index contributed by atoms with van der Waals surface area (Å²) in [6.07, 6.45) is -2.73. The lowest BCUT2D eigenvalue weighted by Crippen LogP contribution is -2.03. The van der Waals surface area contributed by atoms with Gasteiger partial charge in [-0.1, -0.05) is 29.8 Å². The van der Waals surface area contributed by atoms with Crippen molar-refractivity contribution in [1.82, 2.24) is 4.98 Å². The van der Waals surface area contributed by atoms with Gasteiger partial charge in [-0.15, -0.1) is 11.3 Å². The lowest BCUT2D eigenvalue weighted by atomic mass is 10.1. The number of nitrogens with zero attached hydrogens (tertiary/aromatic N) is 2. The van der Waals surface area contributed by atoms with E-state index in [0.29, 0.717) is 15.3 Å². The number of halogens is 3. The standard InChI is InChI=1S/C18H11F3N2S/c1-11-2-4-12(5-3-11)8-13(10-22)17-23-15-9-14(18(19,20)21)6-7-16(15)24-17/h2-9H,1H3. The molecule has 0 unspecified atom stereocenters. The second-order valence-electron chi connectivity index (χ2n) is 5.28. The smallest absolute Gasteiger partial charge is 0.235 e. The third-order valence-corrected chi connectivity index (χ3v) is 4.52. The highest BCUT2D eigenvalue weighted by Gasteiger charge is 2.30. The van der Waals surface area contributed by atoms with Gasteiger partial charge in [0.15, 0.2) is 0 Å². The Kier molecular flexibility index (Phi) is 4.12. The molecule has 120 valence electrons. The average molecular weight is 344 g/mol. The highest BCUT2D eigenvalue weighted by atomic mass is 32.1. The van der Waals surface area contributed by atoms with Crippen molar-refractivity contribution in [2.75, 3.05) is 0 Å². The molecule has 1 aromatic heterocycles. The first-order chi connectivity index (χ1) is 11.4. The quantitative estimate of drug-likeness (QED) is 0.560. The van der Waals surface area contributed by atoms with Gasteiger partial charge in [0, 0.05) is 0 Å². The lowest BCUT2D eigenvalue weighted by molar-refractivity contribution is -0.137. The number of allylic oxidation sites excluding steroid dienone is 1. The Hall–Kier alpha value is -2.65. The Bertz CT molecular complexity index is 961. The molecule has 3 rings (SSSR count). The summed E-state index contributed by atoms with van der Waals surface area (Å²) in [4.78, 5) is 4.20. The van der Waals surface area contributed by atoms with Crippen molar-refractivity contribution in [3.05, 3.63) is 64.2 Å². The van der Waals surface area contributed by atoms with Crippen LogP contribution in [0, 0.1) is 18.3 Å². The number of nitriles is 1. The molecule has 6 heteroatoms. The molecule has 0 saturated heterocycles. The molecular formula is C18H11F3N2S. The minimum Gasteiger partial charge on any atom is -0.235 e. The summed E-state index contributed by atoms with van der Waals surface area (Å²) in [5.74, 6) is 0. The van der Waals surface area contributed by atoms with Crippen molar-refractivity contribution in [2.45, 2.75) is 13.1 Å². The summed E-state index contributed by atoms with van der Waals surface area (Å²) in [6.45, 7) is 1.96. The summed E-state index contributed by atoms with van der Waals surface area (Å²) in [6, 6.07) is 13.1. The zero-order chi connectivity index (χ0) is 17.3. The summed E-state index contributed by atoms with van der Waals surface area (Å²) in [5, 5.41) is 9.78. The maximum absolute atomic E-state index is 12.8. The topological polar surface area (TPSA) is 36.7 Å². The van der Waals surface area contributed by atoms with Crippen LogP contribution in [0.2, 0.25) is 0 Å². The number of hydrogen-bond donors (Lipinski definition) is 0. The molecule has 3 aromatic rings. The maximum Gasteiger partial charge on any atom is 0.416 e. The van der Waals surface area contributed by atoms with Crippen LogP contribution in [0.1, 0.15) is 21.7 Å². The van der Waals surface area contributed by atoms with E-state index in [-0.39, 0.29) is 5.52 Å². The highest BCUT2D eigenvalue weighted by molar-refractivity contribution is 7.19. The zero-order valence-electron chi connectivity index (χ0n) is 12.6. The van der Waals surface area contributed by atoms with E-state index in [1.807, 2.05) is 31.2 Å². The van der Waals surface area contributed by atoms with E-state index in [4.69, 9.17) is 0 Å². The predicted molar refractivity (Wildman–Crippen MR) is 89.3 cm³/mol. The van der Waals surface area contributed by atoms with Crippen molar-refractivity contribution in [3.63, 3.8) is 0 Å². The molecule has 0 aliphatic carbocycles. The summed E-state index contributed by atoms with van der Waals surface area (Å²) in [7, 11) is 0. The van der Waals surface area contributed by atoms with Crippen molar-refractivity contribution in [3.8, 4) is 6.07 Å². The second kappa shape index (κ2) is 6.10. The SMILES string of the molecule is Cc1ccc(C=C(C#N)c2nc3cc(C(F)(F)F)ccc3s2)cc1. The van der Waals surface area contributed by atoms with E-state index in [2.05, 4.69) is 11.1 Å². The molecule has 0 aliphatic rings. The number of alkyl halides is 3. The van der Waals surface area contributed by atoms with Gasteiger partial charge in [0.1, 0.15) is 11.1 Å². The van der Waals surface area contributed by atoms with Gasteiger partial charge in [-0.2, -0.15) is 18.4 Å². The van der Waals surface area contributed by atoms with Crippen LogP contribution < -0.4 is 0 Å². The first-order valence-corrected chi connectivity index (χ1v) is 7.85. The van der Waals surface area contributed by atoms with E-state index >= 15 is 0 Å². The largest absolute Gasteiger partial charge is 0.416 e. The number of aromatic nitrogens is 1. The van der Waals surface area contributed by atoms with Gasteiger partial charge in [-0.05, 0) is 36.8 Å². The first kappa shape index (κ1) is 16.2. The fraction of sp³-hybridized carbons (Fsp3) is 0.111. The maximum atomic E-state index is 12.8. The van der Waals surface area contributed by atoms with E-state index < -0.39 is 11.7 Å². The van der Waals surface area contributed by atoms with E-state index in [1.54, 1.807) is 6.08 Å². The Morgan fingerprint density at radius 2 is 1.88 bits per heavy atom. The van der Waals surface area contributed by atoms with Gasteiger partial charge in [-0.3, -0.25) is 0 Å². The minimum absolute atomic E-state index is 0.245. The van der Waals surface area contributed by atoms with Crippen molar-refractivity contribution < 1.29 is 13.2 Å². The van der Waals surface area contributed by atoms with Gasteiger partial charge < -0.3 is 0 Å².